The Hall–Kier alpha value is -1.56. The summed E-state index contributed by atoms with van der Waals surface area (Å²) in [6, 6.07) is 5.91. The summed E-state index contributed by atoms with van der Waals surface area (Å²) < 4.78 is 12.7. The van der Waals surface area contributed by atoms with Crippen molar-refractivity contribution in [3.63, 3.8) is 0 Å². The fourth-order valence-electron chi connectivity index (χ4n) is 1.37. The number of amides is 2. The first-order valence-electron chi connectivity index (χ1n) is 6.22. The Kier molecular flexibility index (Phi) is 6.01. The molecule has 110 valence electrons. The van der Waals surface area contributed by atoms with Crippen molar-refractivity contribution >= 4 is 23.6 Å². The Morgan fingerprint density at radius 1 is 1.15 bits per heavy atom. The minimum Gasteiger partial charge on any atom is -0.350 e. The van der Waals surface area contributed by atoms with Gasteiger partial charge in [0.15, 0.2) is 0 Å². The molecule has 0 aliphatic heterocycles. The Labute approximate surface area is 122 Å². The van der Waals surface area contributed by atoms with Crippen LogP contribution in [-0.2, 0) is 9.59 Å². The highest BCUT2D eigenvalue weighted by Crippen LogP contribution is 2.17. The Balaban J connectivity index is 2.27. The van der Waals surface area contributed by atoms with E-state index in [0.717, 1.165) is 4.90 Å². The molecule has 0 aliphatic carbocycles. The topological polar surface area (TPSA) is 58.2 Å². The van der Waals surface area contributed by atoms with Crippen molar-refractivity contribution in [2.45, 2.75) is 31.2 Å². The standard InChI is InChI=1S/C14H19FN2O2S/c1-14(2,3)17-12(18)8-16-13(19)9-20-11-6-4-10(15)5-7-11/h4-7H,8-9H2,1-3H3,(H,16,19)(H,17,18). The van der Waals surface area contributed by atoms with E-state index in [0.29, 0.717) is 0 Å². The van der Waals surface area contributed by atoms with Crippen molar-refractivity contribution in [1.82, 2.24) is 10.6 Å². The van der Waals surface area contributed by atoms with Crippen molar-refractivity contribution in [3.8, 4) is 0 Å². The summed E-state index contributed by atoms with van der Waals surface area (Å²) in [5.41, 5.74) is -0.315. The lowest BCUT2D eigenvalue weighted by Gasteiger charge is -2.20. The van der Waals surface area contributed by atoms with Crippen LogP contribution >= 0.6 is 11.8 Å². The van der Waals surface area contributed by atoms with E-state index in [9.17, 15) is 14.0 Å². The van der Waals surface area contributed by atoms with Crippen LogP contribution in [0.3, 0.4) is 0 Å². The van der Waals surface area contributed by atoms with E-state index < -0.39 is 0 Å². The molecule has 1 aromatic carbocycles. The van der Waals surface area contributed by atoms with E-state index in [4.69, 9.17) is 0 Å². The molecule has 0 spiro atoms. The highest BCUT2D eigenvalue weighted by molar-refractivity contribution is 8.00. The van der Waals surface area contributed by atoms with Crippen molar-refractivity contribution in [2.75, 3.05) is 12.3 Å². The maximum absolute atomic E-state index is 12.7. The summed E-state index contributed by atoms with van der Waals surface area (Å²) in [6.45, 7) is 5.57. The SMILES string of the molecule is CC(C)(C)NC(=O)CNC(=O)CSc1ccc(F)cc1. The van der Waals surface area contributed by atoms with Crippen LogP contribution in [0.25, 0.3) is 0 Å². The first kappa shape index (κ1) is 16.5. The normalized spacial score (nSPS) is 11.0. The second-order valence-corrected chi connectivity index (χ2v) is 6.37. The number of carbonyl (C=O) groups excluding carboxylic acids is 2. The van der Waals surface area contributed by atoms with Gasteiger partial charge in [-0.15, -0.1) is 11.8 Å². The van der Waals surface area contributed by atoms with Crippen molar-refractivity contribution < 1.29 is 14.0 Å². The number of hydrogen-bond donors (Lipinski definition) is 2. The van der Waals surface area contributed by atoms with Crippen LogP contribution in [0.15, 0.2) is 29.2 Å². The number of carbonyl (C=O) groups is 2. The van der Waals surface area contributed by atoms with Gasteiger partial charge in [0, 0.05) is 10.4 Å². The largest absolute Gasteiger partial charge is 0.350 e. The van der Waals surface area contributed by atoms with Crippen molar-refractivity contribution in [1.29, 1.82) is 0 Å². The van der Waals surface area contributed by atoms with E-state index in [1.807, 2.05) is 20.8 Å². The van der Waals surface area contributed by atoms with Crippen LogP contribution in [0, 0.1) is 5.82 Å². The van der Waals surface area contributed by atoms with E-state index in [2.05, 4.69) is 10.6 Å². The maximum Gasteiger partial charge on any atom is 0.239 e. The molecular weight excluding hydrogens is 279 g/mol. The summed E-state index contributed by atoms with van der Waals surface area (Å²) in [7, 11) is 0. The predicted molar refractivity (Wildman–Crippen MR) is 78.0 cm³/mol. The van der Waals surface area contributed by atoms with Gasteiger partial charge >= 0.3 is 0 Å². The molecule has 0 bridgehead atoms. The molecule has 2 N–H and O–H groups in total. The second kappa shape index (κ2) is 7.28. The van der Waals surface area contributed by atoms with Gasteiger partial charge in [0.05, 0.1) is 12.3 Å². The highest BCUT2D eigenvalue weighted by atomic mass is 32.2. The third kappa shape index (κ3) is 7.13. The van der Waals surface area contributed by atoms with Gasteiger partial charge in [-0.3, -0.25) is 9.59 Å². The van der Waals surface area contributed by atoms with Gasteiger partial charge in [-0.25, -0.2) is 4.39 Å². The monoisotopic (exact) mass is 298 g/mol. The van der Waals surface area contributed by atoms with E-state index >= 15 is 0 Å². The zero-order valence-corrected chi connectivity index (χ0v) is 12.6. The van der Waals surface area contributed by atoms with Gasteiger partial charge in [-0.05, 0) is 45.0 Å². The quantitative estimate of drug-likeness (QED) is 0.817. The van der Waals surface area contributed by atoms with Gasteiger partial charge in [0.25, 0.3) is 0 Å². The highest BCUT2D eigenvalue weighted by Gasteiger charge is 2.14. The lowest BCUT2D eigenvalue weighted by Crippen LogP contribution is -2.46. The summed E-state index contributed by atoms with van der Waals surface area (Å²) in [5.74, 6) is -0.576. The van der Waals surface area contributed by atoms with Gasteiger partial charge in [0.1, 0.15) is 5.82 Å². The molecule has 0 radical (unpaired) electrons. The number of rotatable bonds is 5. The minimum absolute atomic E-state index is 0.0416. The van der Waals surface area contributed by atoms with Crippen LogP contribution in [0.5, 0.6) is 0 Å². The van der Waals surface area contributed by atoms with Crippen LogP contribution in [0.2, 0.25) is 0 Å². The number of thioether (sulfide) groups is 1. The van der Waals surface area contributed by atoms with Crippen molar-refractivity contribution in [3.05, 3.63) is 30.1 Å². The van der Waals surface area contributed by atoms with Crippen LogP contribution < -0.4 is 10.6 Å². The summed E-state index contributed by atoms with van der Waals surface area (Å²) in [4.78, 5) is 23.9. The molecule has 1 aromatic rings. The molecule has 0 saturated carbocycles. The molecule has 0 aromatic heterocycles. The maximum atomic E-state index is 12.7. The fourth-order valence-corrected chi connectivity index (χ4v) is 2.10. The first-order valence-corrected chi connectivity index (χ1v) is 7.21. The molecule has 6 heteroatoms. The molecule has 4 nitrogen and oxygen atoms in total. The molecule has 20 heavy (non-hydrogen) atoms. The zero-order valence-electron chi connectivity index (χ0n) is 11.8. The molecule has 0 atom stereocenters. The molecule has 0 heterocycles. The fraction of sp³-hybridized carbons (Fsp3) is 0.429. The van der Waals surface area contributed by atoms with Gasteiger partial charge in [-0.1, -0.05) is 0 Å². The van der Waals surface area contributed by atoms with E-state index in [-0.39, 0.29) is 35.5 Å². The lowest BCUT2D eigenvalue weighted by atomic mass is 10.1. The number of halogens is 1. The van der Waals surface area contributed by atoms with Crippen molar-refractivity contribution in [2.24, 2.45) is 0 Å². The summed E-state index contributed by atoms with van der Waals surface area (Å²) >= 11 is 1.29. The second-order valence-electron chi connectivity index (χ2n) is 5.32. The third-order valence-corrected chi connectivity index (χ3v) is 3.16. The lowest BCUT2D eigenvalue weighted by molar-refractivity contribution is -0.125. The molecular formula is C14H19FN2O2S. The van der Waals surface area contributed by atoms with Gasteiger partial charge in [-0.2, -0.15) is 0 Å². The Morgan fingerprint density at radius 2 is 1.75 bits per heavy atom. The third-order valence-electron chi connectivity index (χ3n) is 2.14. The summed E-state index contributed by atoms with van der Waals surface area (Å²) in [6.07, 6.45) is 0. The number of hydrogen-bond acceptors (Lipinski definition) is 3. The molecule has 0 fully saturated rings. The van der Waals surface area contributed by atoms with Crippen LogP contribution in [0.4, 0.5) is 4.39 Å². The minimum atomic E-state index is -0.315. The average Bonchev–Trinajstić information content (AvgIpc) is 2.33. The van der Waals surface area contributed by atoms with Gasteiger partial charge in [0.2, 0.25) is 11.8 Å². The molecule has 0 unspecified atom stereocenters. The Bertz CT molecular complexity index is 469. The van der Waals surface area contributed by atoms with E-state index in [1.165, 1.54) is 23.9 Å². The molecule has 0 saturated heterocycles. The number of nitrogens with one attached hydrogen (secondary N) is 2. The molecule has 2 amide bonds. The first-order chi connectivity index (χ1) is 9.26. The molecule has 0 aliphatic rings. The zero-order chi connectivity index (χ0) is 15.2. The van der Waals surface area contributed by atoms with Crippen LogP contribution in [-0.4, -0.2) is 29.7 Å². The smallest absolute Gasteiger partial charge is 0.239 e. The van der Waals surface area contributed by atoms with Gasteiger partial charge < -0.3 is 10.6 Å². The Morgan fingerprint density at radius 3 is 2.30 bits per heavy atom. The number of benzene rings is 1. The molecule has 1 rings (SSSR count). The van der Waals surface area contributed by atoms with Crippen LogP contribution in [0.1, 0.15) is 20.8 Å². The summed E-state index contributed by atoms with van der Waals surface area (Å²) in [5, 5.41) is 5.29. The van der Waals surface area contributed by atoms with E-state index in [1.54, 1.807) is 12.1 Å². The average molecular weight is 298 g/mol. The predicted octanol–water partition coefficient (Wildman–Crippen LogP) is 1.95.